The zero-order valence-electron chi connectivity index (χ0n) is 17.6. The molecule has 1 aliphatic heterocycles. The Morgan fingerprint density at radius 3 is 2.39 bits per heavy atom. The third-order valence-corrected chi connectivity index (χ3v) is 7.29. The lowest BCUT2D eigenvalue weighted by molar-refractivity contribution is -0.116. The van der Waals surface area contributed by atoms with Gasteiger partial charge in [0.05, 0.1) is 10.4 Å². The fourth-order valence-electron chi connectivity index (χ4n) is 4.00. The van der Waals surface area contributed by atoms with Crippen LogP contribution in [0.2, 0.25) is 0 Å². The first kappa shape index (κ1) is 21.3. The van der Waals surface area contributed by atoms with Crippen molar-refractivity contribution >= 4 is 32.7 Å². The highest BCUT2D eigenvalue weighted by atomic mass is 32.2. The molecule has 31 heavy (non-hydrogen) atoms. The van der Waals surface area contributed by atoms with Gasteiger partial charge in [-0.05, 0) is 62.1 Å². The Morgan fingerprint density at radius 2 is 1.71 bits per heavy atom. The van der Waals surface area contributed by atoms with E-state index in [1.54, 1.807) is 0 Å². The van der Waals surface area contributed by atoms with Crippen molar-refractivity contribution in [2.45, 2.75) is 44.6 Å². The molecule has 0 atom stereocenters. The van der Waals surface area contributed by atoms with Gasteiger partial charge in [-0.15, -0.1) is 0 Å². The van der Waals surface area contributed by atoms with E-state index in [9.17, 15) is 18.0 Å². The first-order chi connectivity index (χ1) is 14.7. The number of aryl methyl sites for hydroxylation is 2. The molecule has 0 saturated carbocycles. The van der Waals surface area contributed by atoms with Crippen LogP contribution in [0.3, 0.4) is 0 Å². The average Bonchev–Trinajstić information content (AvgIpc) is 3.02. The number of piperidine rings is 1. The number of sulfonamides is 1. The lowest BCUT2D eigenvalue weighted by Gasteiger charge is -2.25. The summed E-state index contributed by atoms with van der Waals surface area (Å²) in [6.07, 6.45) is 2.69. The van der Waals surface area contributed by atoms with Crippen molar-refractivity contribution in [2.24, 2.45) is 0 Å². The number of oxazole rings is 1. The SMILES string of the molecule is Cc1cc(C)cc(NC(=O)Cn2c(=O)oc3cc(S(=O)(=O)N4CCCCC4)ccc32)c1. The van der Waals surface area contributed by atoms with E-state index < -0.39 is 15.8 Å². The van der Waals surface area contributed by atoms with Crippen molar-refractivity contribution < 1.29 is 17.6 Å². The molecule has 0 spiro atoms. The lowest BCUT2D eigenvalue weighted by Crippen LogP contribution is -2.35. The molecule has 2 aromatic carbocycles. The Hall–Kier alpha value is -2.91. The topological polar surface area (TPSA) is 102 Å². The summed E-state index contributed by atoms with van der Waals surface area (Å²) in [5, 5.41) is 2.79. The van der Waals surface area contributed by atoms with Crippen molar-refractivity contribution in [2.75, 3.05) is 18.4 Å². The molecule has 2 heterocycles. The van der Waals surface area contributed by atoms with E-state index in [0.717, 1.165) is 30.4 Å². The fourth-order valence-corrected chi connectivity index (χ4v) is 5.54. The van der Waals surface area contributed by atoms with Gasteiger partial charge < -0.3 is 9.73 Å². The number of anilines is 1. The van der Waals surface area contributed by atoms with Gasteiger partial charge in [-0.2, -0.15) is 4.31 Å². The molecule has 4 rings (SSSR count). The maximum absolute atomic E-state index is 12.9. The van der Waals surface area contributed by atoms with Crippen molar-refractivity contribution in [1.82, 2.24) is 8.87 Å². The van der Waals surface area contributed by atoms with Gasteiger partial charge in [0.25, 0.3) is 0 Å². The molecule has 1 amide bonds. The highest BCUT2D eigenvalue weighted by Crippen LogP contribution is 2.24. The molecular formula is C22H25N3O5S. The van der Waals surface area contributed by atoms with Crippen LogP contribution in [0, 0.1) is 13.8 Å². The number of benzene rings is 2. The van der Waals surface area contributed by atoms with E-state index in [1.165, 1.54) is 27.1 Å². The van der Waals surface area contributed by atoms with Gasteiger partial charge in [0, 0.05) is 24.8 Å². The molecule has 164 valence electrons. The largest absolute Gasteiger partial charge is 0.420 e. The van der Waals surface area contributed by atoms with Crippen LogP contribution in [-0.2, 0) is 21.4 Å². The number of amides is 1. The number of hydrogen-bond acceptors (Lipinski definition) is 5. The lowest BCUT2D eigenvalue weighted by atomic mass is 10.1. The fraction of sp³-hybridized carbons (Fsp3) is 0.364. The van der Waals surface area contributed by atoms with E-state index in [4.69, 9.17) is 4.42 Å². The zero-order chi connectivity index (χ0) is 22.2. The molecule has 0 bridgehead atoms. The van der Waals surface area contributed by atoms with Crippen LogP contribution >= 0.6 is 0 Å². The van der Waals surface area contributed by atoms with Gasteiger partial charge in [-0.25, -0.2) is 13.2 Å². The summed E-state index contributed by atoms with van der Waals surface area (Å²) in [6, 6.07) is 10.0. The second-order valence-corrected chi connectivity index (χ2v) is 9.91. The number of carbonyl (C=O) groups excluding carboxylic acids is 1. The number of rotatable bonds is 5. The zero-order valence-corrected chi connectivity index (χ0v) is 18.4. The van der Waals surface area contributed by atoms with Gasteiger partial charge in [-0.3, -0.25) is 9.36 Å². The molecular weight excluding hydrogens is 418 g/mol. The van der Waals surface area contributed by atoms with E-state index in [-0.39, 0.29) is 22.9 Å². The average molecular weight is 444 g/mol. The molecule has 1 N–H and O–H groups in total. The van der Waals surface area contributed by atoms with Gasteiger partial charge in [0.2, 0.25) is 15.9 Å². The Bertz CT molecular complexity index is 1280. The minimum Gasteiger partial charge on any atom is -0.408 e. The van der Waals surface area contributed by atoms with Crippen molar-refractivity contribution in [3.05, 3.63) is 58.1 Å². The van der Waals surface area contributed by atoms with Crippen LogP contribution in [0.5, 0.6) is 0 Å². The number of carbonyl (C=O) groups is 1. The van der Waals surface area contributed by atoms with E-state index in [2.05, 4.69) is 5.32 Å². The minimum absolute atomic E-state index is 0.0856. The van der Waals surface area contributed by atoms with E-state index >= 15 is 0 Å². The highest BCUT2D eigenvalue weighted by Gasteiger charge is 2.27. The summed E-state index contributed by atoms with van der Waals surface area (Å²) in [4.78, 5) is 25.0. The Kier molecular flexibility index (Phi) is 5.72. The van der Waals surface area contributed by atoms with E-state index in [1.807, 2.05) is 32.0 Å². The van der Waals surface area contributed by atoms with E-state index in [0.29, 0.717) is 24.3 Å². The van der Waals surface area contributed by atoms with Gasteiger partial charge >= 0.3 is 5.76 Å². The maximum atomic E-state index is 12.9. The van der Waals surface area contributed by atoms with Gasteiger partial charge in [-0.1, -0.05) is 12.5 Å². The summed E-state index contributed by atoms with van der Waals surface area (Å²) in [5.74, 6) is -1.09. The van der Waals surface area contributed by atoms with Gasteiger partial charge in [0.15, 0.2) is 5.58 Å². The number of aromatic nitrogens is 1. The van der Waals surface area contributed by atoms with Crippen LogP contribution in [0.1, 0.15) is 30.4 Å². The number of hydrogen-bond donors (Lipinski definition) is 1. The number of nitrogens with zero attached hydrogens (tertiary/aromatic N) is 2. The molecule has 1 saturated heterocycles. The minimum atomic E-state index is -3.65. The molecule has 1 fully saturated rings. The molecule has 0 radical (unpaired) electrons. The summed E-state index contributed by atoms with van der Waals surface area (Å²) >= 11 is 0. The Morgan fingerprint density at radius 1 is 1.03 bits per heavy atom. The maximum Gasteiger partial charge on any atom is 0.420 e. The normalized spacial score (nSPS) is 15.3. The molecule has 3 aromatic rings. The predicted molar refractivity (Wildman–Crippen MR) is 118 cm³/mol. The molecule has 1 aromatic heterocycles. The monoisotopic (exact) mass is 443 g/mol. The molecule has 1 aliphatic rings. The van der Waals surface area contributed by atoms with Crippen LogP contribution in [0.15, 0.2) is 50.5 Å². The third-order valence-electron chi connectivity index (χ3n) is 5.40. The van der Waals surface area contributed by atoms with Crippen molar-refractivity contribution in [3.63, 3.8) is 0 Å². The third kappa shape index (κ3) is 4.42. The molecule has 0 aliphatic carbocycles. The summed E-state index contributed by atoms with van der Waals surface area (Å²) in [7, 11) is -3.65. The predicted octanol–water partition coefficient (Wildman–Crippen LogP) is 3.02. The Balaban J connectivity index is 1.59. The summed E-state index contributed by atoms with van der Waals surface area (Å²) < 4.78 is 33.7. The van der Waals surface area contributed by atoms with Gasteiger partial charge in [0.1, 0.15) is 6.54 Å². The summed E-state index contributed by atoms with van der Waals surface area (Å²) in [6.45, 7) is 4.61. The molecule has 8 nitrogen and oxygen atoms in total. The first-order valence-corrected chi connectivity index (χ1v) is 11.7. The number of fused-ring (bicyclic) bond motifs is 1. The summed E-state index contributed by atoms with van der Waals surface area (Å²) in [5.41, 5.74) is 3.20. The standard InChI is InChI=1S/C22H25N3O5S/c1-15-10-16(2)12-17(11-15)23-21(26)14-25-19-7-6-18(13-20(19)30-22(25)27)31(28,29)24-8-4-3-5-9-24/h6-7,10-13H,3-5,8-9,14H2,1-2H3,(H,23,26). The van der Waals surface area contributed by atoms with Crippen LogP contribution in [0.4, 0.5) is 5.69 Å². The van der Waals surface area contributed by atoms with Crippen LogP contribution in [0.25, 0.3) is 11.1 Å². The Labute approximate surface area is 180 Å². The first-order valence-electron chi connectivity index (χ1n) is 10.3. The molecule has 0 unspecified atom stereocenters. The second kappa shape index (κ2) is 8.32. The van der Waals surface area contributed by atoms with Crippen LogP contribution < -0.4 is 11.1 Å². The molecule has 9 heteroatoms. The van der Waals surface area contributed by atoms with Crippen LogP contribution in [-0.4, -0.2) is 36.3 Å². The number of nitrogens with one attached hydrogen (secondary N) is 1. The highest BCUT2D eigenvalue weighted by molar-refractivity contribution is 7.89. The quantitative estimate of drug-likeness (QED) is 0.653. The smallest absolute Gasteiger partial charge is 0.408 e. The van der Waals surface area contributed by atoms with Crippen molar-refractivity contribution in [1.29, 1.82) is 0 Å². The van der Waals surface area contributed by atoms with Crippen molar-refractivity contribution in [3.8, 4) is 0 Å². The second-order valence-electron chi connectivity index (χ2n) is 7.97.